The van der Waals surface area contributed by atoms with Crippen LogP contribution in [0.4, 0.5) is 0 Å². The van der Waals surface area contributed by atoms with Crippen molar-refractivity contribution in [2.45, 2.75) is 18.6 Å². The van der Waals surface area contributed by atoms with Crippen LogP contribution in [0.15, 0.2) is 17.3 Å². The molecule has 0 bridgehead atoms. The van der Waals surface area contributed by atoms with Crippen LogP contribution in [0.3, 0.4) is 0 Å². The SMILES string of the molecule is COC1C=CC(CO)CC1N=O. The molecule has 0 aromatic carbocycles. The van der Waals surface area contributed by atoms with Gasteiger partial charge < -0.3 is 9.84 Å². The van der Waals surface area contributed by atoms with Crippen molar-refractivity contribution in [1.82, 2.24) is 0 Å². The first-order valence-corrected chi connectivity index (χ1v) is 3.96. The van der Waals surface area contributed by atoms with Crippen molar-refractivity contribution in [3.05, 3.63) is 17.1 Å². The molecule has 12 heavy (non-hydrogen) atoms. The van der Waals surface area contributed by atoms with E-state index in [2.05, 4.69) is 5.18 Å². The summed E-state index contributed by atoms with van der Waals surface area (Å²) >= 11 is 0. The number of methoxy groups -OCH3 is 1. The Morgan fingerprint density at radius 3 is 2.92 bits per heavy atom. The van der Waals surface area contributed by atoms with Gasteiger partial charge in [0.15, 0.2) is 0 Å². The molecule has 4 heteroatoms. The van der Waals surface area contributed by atoms with Crippen molar-refractivity contribution in [1.29, 1.82) is 0 Å². The Balaban J connectivity index is 2.62. The Hall–Kier alpha value is -0.740. The van der Waals surface area contributed by atoms with E-state index in [4.69, 9.17) is 9.84 Å². The predicted molar refractivity (Wildman–Crippen MR) is 44.7 cm³/mol. The second-order valence-corrected chi connectivity index (χ2v) is 2.94. The highest BCUT2D eigenvalue weighted by Gasteiger charge is 2.26. The number of hydrogen-bond donors (Lipinski definition) is 1. The summed E-state index contributed by atoms with van der Waals surface area (Å²) in [5, 5.41) is 11.8. The molecule has 0 aliphatic heterocycles. The fourth-order valence-corrected chi connectivity index (χ4v) is 1.39. The lowest BCUT2D eigenvalue weighted by atomic mass is 9.91. The smallest absolute Gasteiger partial charge is 0.122 e. The number of hydrogen-bond acceptors (Lipinski definition) is 4. The van der Waals surface area contributed by atoms with Crippen molar-refractivity contribution in [3.63, 3.8) is 0 Å². The Bertz CT molecular complexity index is 181. The van der Waals surface area contributed by atoms with Crippen LogP contribution in [-0.4, -0.2) is 31.0 Å². The maximum atomic E-state index is 10.3. The minimum absolute atomic E-state index is 0.0547. The van der Waals surface area contributed by atoms with Crippen molar-refractivity contribution in [3.8, 4) is 0 Å². The summed E-state index contributed by atoms with van der Waals surface area (Å²) in [5.74, 6) is 0.0547. The highest BCUT2D eigenvalue weighted by Crippen LogP contribution is 2.21. The topological polar surface area (TPSA) is 58.9 Å². The number of nitroso groups, excluding NO2 is 1. The Morgan fingerprint density at radius 2 is 2.42 bits per heavy atom. The molecule has 0 amide bonds. The first kappa shape index (κ1) is 9.35. The molecular weight excluding hydrogens is 158 g/mol. The van der Waals surface area contributed by atoms with Crippen LogP contribution in [-0.2, 0) is 4.74 Å². The van der Waals surface area contributed by atoms with Gasteiger partial charge in [0, 0.05) is 19.6 Å². The monoisotopic (exact) mass is 171 g/mol. The number of nitrogens with zero attached hydrogens (tertiary/aromatic N) is 1. The second kappa shape index (κ2) is 4.33. The summed E-state index contributed by atoms with van der Waals surface area (Å²) in [4.78, 5) is 10.3. The van der Waals surface area contributed by atoms with Crippen LogP contribution in [0, 0.1) is 10.8 Å². The number of ether oxygens (including phenoxy) is 1. The standard InChI is InChI=1S/C8H13NO3/c1-12-8-3-2-6(5-10)4-7(8)9-11/h2-3,6-8,10H,4-5H2,1H3. The molecule has 1 aliphatic rings. The average molecular weight is 171 g/mol. The summed E-state index contributed by atoms with van der Waals surface area (Å²) in [5.41, 5.74) is 0. The van der Waals surface area contributed by atoms with Crippen LogP contribution in [0.25, 0.3) is 0 Å². The lowest BCUT2D eigenvalue weighted by Crippen LogP contribution is -2.30. The van der Waals surface area contributed by atoms with Gasteiger partial charge in [0.25, 0.3) is 0 Å². The van der Waals surface area contributed by atoms with E-state index in [9.17, 15) is 4.91 Å². The van der Waals surface area contributed by atoms with Gasteiger partial charge in [0.1, 0.15) is 12.1 Å². The summed E-state index contributed by atoms with van der Waals surface area (Å²) in [6, 6.07) is -0.350. The summed E-state index contributed by atoms with van der Waals surface area (Å²) < 4.78 is 5.03. The molecule has 0 fully saturated rings. The van der Waals surface area contributed by atoms with E-state index >= 15 is 0 Å². The van der Waals surface area contributed by atoms with Gasteiger partial charge in [-0.15, -0.1) is 0 Å². The number of rotatable bonds is 3. The van der Waals surface area contributed by atoms with Crippen molar-refractivity contribution in [2.75, 3.05) is 13.7 Å². The molecule has 0 radical (unpaired) electrons. The molecule has 0 spiro atoms. The molecule has 0 aromatic rings. The summed E-state index contributed by atoms with van der Waals surface area (Å²) in [7, 11) is 1.55. The third-order valence-electron chi connectivity index (χ3n) is 2.14. The molecular formula is C8H13NO3. The fraction of sp³-hybridized carbons (Fsp3) is 0.750. The van der Waals surface area contributed by atoms with E-state index in [0.717, 1.165) is 0 Å². The third kappa shape index (κ3) is 1.89. The molecule has 3 unspecified atom stereocenters. The molecule has 0 heterocycles. The zero-order chi connectivity index (χ0) is 8.97. The number of aliphatic hydroxyl groups excluding tert-OH is 1. The largest absolute Gasteiger partial charge is 0.396 e. The van der Waals surface area contributed by atoms with E-state index in [1.54, 1.807) is 13.2 Å². The molecule has 1 aliphatic carbocycles. The van der Waals surface area contributed by atoms with Crippen LogP contribution in [0.2, 0.25) is 0 Å². The van der Waals surface area contributed by atoms with Crippen molar-refractivity contribution in [2.24, 2.45) is 11.1 Å². The molecule has 3 atom stereocenters. The van der Waals surface area contributed by atoms with Gasteiger partial charge in [-0.05, 0) is 6.42 Å². The average Bonchev–Trinajstić information content (AvgIpc) is 2.16. The van der Waals surface area contributed by atoms with Gasteiger partial charge in [-0.3, -0.25) is 0 Å². The Kier molecular flexibility index (Phi) is 3.37. The van der Waals surface area contributed by atoms with Crippen LogP contribution < -0.4 is 0 Å². The van der Waals surface area contributed by atoms with Gasteiger partial charge in [-0.25, -0.2) is 0 Å². The van der Waals surface area contributed by atoms with E-state index in [0.29, 0.717) is 6.42 Å². The molecule has 0 saturated heterocycles. The summed E-state index contributed by atoms with van der Waals surface area (Å²) in [6.07, 6.45) is 4.02. The second-order valence-electron chi connectivity index (χ2n) is 2.94. The quantitative estimate of drug-likeness (QED) is 0.502. The van der Waals surface area contributed by atoms with Crippen molar-refractivity contribution >= 4 is 0 Å². The highest BCUT2D eigenvalue weighted by molar-refractivity contribution is 5.05. The maximum Gasteiger partial charge on any atom is 0.122 e. The lowest BCUT2D eigenvalue weighted by Gasteiger charge is -2.24. The Morgan fingerprint density at radius 1 is 1.67 bits per heavy atom. The number of aliphatic hydroxyl groups is 1. The van der Waals surface area contributed by atoms with Gasteiger partial charge in [0.2, 0.25) is 0 Å². The van der Waals surface area contributed by atoms with E-state index in [1.807, 2.05) is 6.08 Å². The maximum absolute atomic E-state index is 10.3. The first-order chi connectivity index (χ1) is 5.81. The minimum Gasteiger partial charge on any atom is -0.396 e. The fourth-order valence-electron chi connectivity index (χ4n) is 1.39. The van der Waals surface area contributed by atoms with E-state index in [-0.39, 0.29) is 24.7 Å². The molecule has 68 valence electrons. The molecule has 1 N–H and O–H groups in total. The van der Waals surface area contributed by atoms with E-state index < -0.39 is 0 Å². The predicted octanol–water partition coefficient (Wildman–Crippen LogP) is 0.705. The first-order valence-electron chi connectivity index (χ1n) is 3.96. The van der Waals surface area contributed by atoms with Gasteiger partial charge in [-0.2, -0.15) is 4.91 Å². The van der Waals surface area contributed by atoms with Crippen LogP contribution in [0.5, 0.6) is 0 Å². The molecule has 1 rings (SSSR count). The molecule has 4 nitrogen and oxygen atoms in total. The zero-order valence-electron chi connectivity index (χ0n) is 7.01. The Labute approximate surface area is 71.2 Å². The van der Waals surface area contributed by atoms with Gasteiger partial charge in [-0.1, -0.05) is 17.3 Å². The molecule has 0 aromatic heterocycles. The highest BCUT2D eigenvalue weighted by atomic mass is 16.5. The van der Waals surface area contributed by atoms with Crippen LogP contribution >= 0.6 is 0 Å². The summed E-state index contributed by atoms with van der Waals surface area (Å²) in [6.45, 7) is 0.0684. The van der Waals surface area contributed by atoms with Crippen LogP contribution in [0.1, 0.15) is 6.42 Å². The normalized spacial score (nSPS) is 35.0. The minimum atomic E-state index is -0.350. The third-order valence-corrected chi connectivity index (χ3v) is 2.14. The van der Waals surface area contributed by atoms with Gasteiger partial charge >= 0.3 is 0 Å². The van der Waals surface area contributed by atoms with Crippen molar-refractivity contribution < 1.29 is 9.84 Å². The van der Waals surface area contributed by atoms with Gasteiger partial charge in [0.05, 0.1) is 0 Å². The van der Waals surface area contributed by atoms with E-state index in [1.165, 1.54) is 0 Å². The zero-order valence-corrected chi connectivity index (χ0v) is 7.01. The lowest BCUT2D eigenvalue weighted by molar-refractivity contribution is 0.0983. The molecule has 0 saturated carbocycles.